The molecule has 8 heteroatoms. The minimum absolute atomic E-state index is 0.00796. The van der Waals surface area contributed by atoms with Crippen LogP contribution in [0.4, 0.5) is 8.78 Å². The second kappa shape index (κ2) is 11.2. The number of fused-ring (bicyclic) bond motifs is 1. The van der Waals surface area contributed by atoms with Crippen LogP contribution in [-0.4, -0.2) is 40.8 Å². The van der Waals surface area contributed by atoms with Gasteiger partial charge < -0.3 is 14.7 Å². The lowest BCUT2D eigenvalue weighted by Gasteiger charge is -2.37. The topological polar surface area (TPSA) is 83.9 Å². The van der Waals surface area contributed by atoms with Gasteiger partial charge in [-0.1, -0.05) is 26.8 Å². The number of carboxylic acid groups (broad SMARTS) is 1. The predicted molar refractivity (Wildman–Crippen MR) is 131 cm³/mol. The van der Waals surface area contributed by atoms with Gasteiger partial charge in [-0.2, -0.15) is 0 Å². The van der Waals surface area contributed by atoms with E-state index in [2.05, 4.69) is 0 Å². The Morgan fingerprint density at radius 1 is 1.08 bits per heavy atom. The van der Waals surface area contributed by atoms with E-state index in [0.29, 0.717) is 24.3 Å². The quantitative estimate of drug-likeness (QED) is 0.514. The van der Waals surface area contributed by atoms with Gasteiger partial charge in [0.2, 0.25) is 5.91 Å². The number of hydrogen-bond donors (Lipinski definition) is 1. The molecule has 1 aliphatic heterocycles. The average molecular weight is 502 g/mol. The van der Waals surface area contributed by atoms with Crippen LogP contribution in [0.1, 0.15) is 75.3 Å². The summed E-state index contributed by atoms with van der Waals surface area (Å²) in [7, 11) is 0. The second-order valence-electron chi connectivity index (χ2n) is 10.1. The lowest BCUT2D eigenvalue weighted by molar-refractivity contribution is -0.141. The summed E-state index contributed by atoms with van der Waals surface area (Å²) >= 11 is 0. The van der Waals surface area contributed by atoms with Crippen molar-refractivity contribution in [1.82, 2.24) is 4.90 Å². The number of amides is 1. The Morgan fingerprint density at radius 2 is 1.75 bits per heavy atom. The van der Waals surface area contributed by atoms with Gasteiger partial charge in [0, 0.05) is 31.4 Å². The Bertz CT molecular complexity index is 1130. The number of nitrogens with zero attached hydrogens (tertiary/aromatic N) is 1. The minimum atomic E-state index is -0.995. The number of carbonyl (C=O) groups is 3. The molecular formula is C28H33F2NO5. The van der Waals surface area contributed by atoms with Gasteiger partial charge in [0.05, 0.1) is 6.61 Å². The molecule has 0 radical (unpaired) electrons. The van der Waals surface area contributed by atoms with E-state index in [1.807, 2.05) is 13.0 Å². The van der Waals surface area contributed by atoms with Gasteiger partial charge in [0.1, 0.15) is 23.4 Å². The van der Waals surface area contributed by atoms with Crippen molar-refractivity contribution < 1.29 is 33.0 Å². The third-order valence-electron chi connectivity index (χ3n) is 6.29. The number of rotatable bonds is 9. The zero-order valence-corrected chi connectivity index (χ0v) is 21.2. The molecule has 0 bridgehead atoms. The summed E-state index contributed by atoms with van der Waals surface area (Å²) < 4.78 is 35.1. The van der Waals surface area contributed by atoms with Crippen LogP contribution in [0, 0.1) is 11.6 Å². The van der Waals surface area contributed by atoms with E-state index in [-0.39, 0.29) is 55.0 Å². The van der Waals surface area contributed by atoms with Crippen molar-refractivity contribution in [3.8, 4) is 5.75 Å². The molecule has 0 aliphatic carbocycles. The van der Waals surface area contributed by atoms with Crippen LogP contribution >= 0.6 is 0 Å². The maximum Gasteiger partial charge on any atom is 0.303 e. The molecule has 0 saturated carbocycles. The number of Topliss-reactive ketones (excluding diaryl/α,β-unsaturated/α-hetero) is 1. The zero-order valence-electron chi connectivity index (χ0n) is 21.2. The van der Waals surface area contributed by atoms with Gasteiger partial charge in [0.15, 0.2) is 5.78 Å². The Kier molecular flexibility index (Phi) is 8.48. The predicted octanol–water partition coefficient (Wildman–Crippen LogP) is 5.15. The fraction of sp³-hybridized carbons (Fsp3) is 0.464. The minimum Gasteiger partial charge on any atom is -0.494 e. The lowest BCUT2D eigenvalue weighted by atomic mass is 9.84. The molecule has 2 aromatic carbocycles. The summed E-state index contributed by atoms with van der Waals surface area (Å²) in [4.78, 5) is 38.9. The van der Waals surface area contributed by atoms with Crippen LogP contribution in [0.2, 0.25) is 0 Å². The summed E-state index contributed by atoms with van der Waals surface area (Å²) in [5.41, 5.74) is 0.929. The van der Waals surface area contributed by atoms with Gasteiger partial charge in [-0.05, 0) is 66.1 Å². The summed E-state index contributed by atoms with van der Waals surface area (Å²) in [5.74, 6) is -2.45. The number of carbonyl (C=O) groups excluding carboxylic acids is 2. The highest BCUT2D eigenvalue weighted by Gasteiger charge is 2.36. The van der Waals surface area contributed by atoms with Crippen molar-refractivity contribution in [1.29, 1.82) is 0 Å². The molecule has 1 N–H and O–H groups in total. The Labute approximate surface area is 210 Å². The first-order valence-corrected chi connectivity index (χ1v) is 12.2. The summed E-state index contributed by atoms with van der Waals surface area (Å²) in [6.45, 7) is 7.76. The molecule has 2 aromatic rings. The van der Waals surface area contributed by atoms with Crippen LogP contribution in [0.15, 0.2) is 30.3 Å². The van der Waals surface area contributed by atoms with Gasteiger partial charge >= 0.3 is 5.97 Å². The van der Waals surface area contributed by atoms with Gasteiger partial charge in [0.25, 0.3) is 0 Å². The molecule has 36 heavy (non-hydrogen) atoms. The number of benzene rings is 2. The van der Waals surface area contributed by atoms with Crippen molar-refractivity contribution in [2.75, 3.05) is 13.2 Å². The number of aliphatic carboxylic acids is 1. The highest BCUT2D eigenvalue weighted by atomic mass is 19.1. The normalized spacial score (nSPS) is 15.4. The van der Waals surface area contributed by atoms with Crippen LogP contribution < -0.4 is 4.74 Å². The first-order chi connectivity index (χ1) is 16.9. The molecule has 6 nitrogen and oxygen atoms in total. The highest BCUT2D eigenvalue weighted by molar-refractivity contribution is 5.92. The van der Waals surface area contributed by atoms with E-state index >= 15 is 0 Å². The number of hydrogen-bond acceptors (Lipinski definition) is 4. The number of ether oxygens (including phenoxy) is 1. The standard InChI is InChI=1S/C28H33F2NO5/c1-5-36-19-9-10-20-18(16-19)11-12-31(24(33)7-6-8-25(34)35)27(20)23(32)15-17-13-21(29)26(22(30)14-17)28(2,3)4/h9-10,13-14,16,27H,5-8,11-12,15H2,1-4H3,(H,34,35)/t27-/m1/s1. The van der Waals surface area contributed by atoms with Crippen molar-refractivity contribution in [2.24, 2.45) is 0 Å². The number of ketones is 1. The van der Waals surface area contributed by atoms with Crippen LogP contribution in [0.3, 0.4) is 0 Å². The van der Waals surface area contributed by atoms with E-state index in [1.54, 1.807) is 32.9 Å². The van der Waals surface area contributed by atoms with Crippen molar-refractivity contribution in [2.45, 2.75) is 71.3 Å². The van der Waals surface area contributed by atoms with Gasteiger partial charge in [-0.15, -0.1) is 0 Å². The SMILES string of the molecule is CCOc1ccc2c(c1)CCN(C(=O)CCCC(=O)O)[C@H]2C(=O)Cc1cc(F)c(C(C)(C)C)c(F)c1. The van der Waals surface area contributed by atoms with Crippen molar-refractivity contribution >= 4 is 17.7 Å². The lowest BCUT2D eigenvalue weighted by Crippen LogP contribution is -2.44. The van der Waals surface area contributed by atoms with Crippen LogP contribution in [-0.2, 0) is 32.6 Å². The highest BCUT2D eigenvalue weighted by Crippen LogP contribution is 2.35. The molecule has 1 aliphatic rings. The fourth-order valence-electron chi connectivity index (χ4n) is 4.75. The second-order valence-corrected chi connectivity index (χ2v) is 10.1. The van der Waals surface area contributed by atoms with E-state index in [1.165, 1.54) is 17.0 Å². The molecule has 1 atom stereocenters. The monoisotopic (exact) mass is 501 g/mol. The largest absolute Gasteiger partial charge is 0.494 e. The van der Waals surface area contributed by atoms with Crippen molar-refractivity contribution in [3.63, 3.8) is 0 Å². The molecule has 3 rings (SSSR count). The molecule has 194 valence electrons. The third-order valence-corrected chi connectivity index (χ3v) is 6.29. The van der Waals surface area contributed by atoms with Crippen LogP contribution in [0.5, 0.6) is 5.75 Å². The maximum absolute atomic E-state index is 14.8. The molecular weight excluding hydrogens is 468 g/mol. The first-order valence-electron chi connectivity index (χ1n) is 12.2. The van der Waals surface area contributed by atoms with E-state index in [0.717, 1.165) is 5.56 Å². The Hall–Kier alpha value is -3.29. The number of carboxylic acids is 1. The summed E-state index contributed by atoms with van der Waals surface area (Å²) in [6.07, 6.45) is 0.256. The zero-order chi connectivity index (χ0) is 26.6. The third kappa shape index (κ3) is 6.28. The Morgan fingerprint density at radius 3 is 2.33 bits per heavy atom. The molecule has 0 saturated heterocycles. The molecule has 1 amide bonds. The van der Waals surface area contributed by atoms with E-state index < -0.39 is 29.1 Å². The van der Waals surface area contributed by atoms with Gasteiger partial charge in [-0.25, -0.2) is 8.78 Å². The fourth-order valence-corrected chi connectivity index (χ4v) is 4.75. The van der Waals surface area contributed by atoms with Crippen LogP contribution in [0.25, 0.3) is 0 Å². The molecule has 1 heterocycles. The maximum atomic E-state index is 14.8. The summed E-state index contributed by atoms with van der Waals surface area (Å²) in [6, 6.07) is 6.77. The smallest absolute Gasteiger partial charge is 0.303 e. The van der Waals surface area contributed by atoms with E-state index in [4.69, 9.17) is 9.84 Å². The Balaban J connectivity index is 1.93. The average Bonchev–Trinajstić information content (AvgIpc) is 2.76. The van der Waals surface area contributed by atoms with E-state index in [9.17, 15) is 23.2 Å². The molecule has 0 aromatic heterocycles. The first kappa shape index (κ1) is 27.3. The van der Waals surface area contributed by atoms with Crippen molar-refractivity contribution in [3.05, 3.63) is 64.2 Å². The summed E-state index contributed by atoms with van der Waals surface area (Å²) in [5, 5.41) is 8.90. The molecule has 0 unspecified atom stereocenters. The molecule has 0 fully saturated rings. The van der Waals surface area contributed by atoms with Gasteiger partial charge in [-0.3, -0.25) is 14.4 Å². The molecule has 0 spiro atoms. The number of halogens is 2.